The van der Waals surface area contributed by atoms with Crippen molar-refractivity contribution in [2.75, 3.05) is 12.2 Å². The molecular formula is C11H12N4O2S. The molecule has 18 heavy (non-hydrogen) atoms. The van der Waals surface area contributed by atoms with Gasteiger partial charge in [0, 0.05) is 0 Å². The molecule has 0 atom stereocenters. The lowest BCUT2D eigenvalue weighted by molar-refractivity contribution is 0.174. The molecule has 0 amide bonds. The minimum atomic E-state index is 0.290. The predicted molar refractivity (Wildman–Crippen MR) is 67.8 cm³/mol. The minimum absolute atomic E-state index is 0.290. The summed E-state index contributed by atoms with van der Waals surface area (Å²) in [5.41, 5.74) is 4.28. The highest BCUT2D eigenvalue weighted by molar-refractivity contribution is 7.71. The number of aromatic nitrogens is 3. The Hall–Kier alpha value is -2.02. The molecule has 2 heterocycles. The third-order valence-electron chi connectivity index (χ3n) is 2.72. The summed E-state index contributed by atoms with van der Waals surface area (Å²) in [6.07, 6.45) is 0. The zero-order chi connectivity index (χ0) is 12.5. The molecule has 1 aromatic carbocycles. The van der Waals surface area contributed by atoms with Crippen LogP contribution in [-0.2, 0) is 6.54 Å². The second-order valence-corrected chi connectivity index (χ2v) is 4.32. The molecule has 2 aromatic rings. The lowest BCUT2D eigenvalue weighted by atomic mass is 10.2. The van der Waals surface area contributed by atoms with Gasteiger partial charge in [-0.25, -0.2) is 4.68 Å². The fraction of sp³-hybridized carbons (Fsp3) is 0.273. The van der Waals surface area contributed by atoms with Gasteiger partial charge in [0.15, 0.2) is 11.5 Å². The second kappa shape index (κ2) is 4.34. The lowest BCUT2D eigenvalue weighted by Gasteiger charge is -2.08. The monoisotopic (exact) mass is 264 g/mol. The molecular weight excluding hydrogens is 252 g/mol. The molecule has 0 aliphatic carbocycles. The first-order valence-electron chi connectivity index (χ1n) is 5.50. The fourth-order valence-electron chi connectivity index (χ4n) is 1.78. The van der Waals surface area contributed by atoms with Crippen LogP contribution in [0.4, 0.5) is 0 Å². The maximum Gasteiger partial charge on any atom is 0.231 e. The fourth-order valence-corrected chi connectivity index (χ4v) is 2.03. The van der Waals surface area contributed by atoms with Crippen molar-refractivity contribution in [3.63, 3.8) is 0 Å². The molecule has 2 N–H and O–H groups in total. The summed E-state index contributed by atoms with van der Waals surface area (Å²) in [4.78, 5) is 0. The summed E-state index contributed by atoms with van der Waals surface area (Å²) in [7, 11) is 0. The predicted octanol–water partition coefficient (Wildman–Crippen LogP) is 1.72. The molecule has 0 saturated carbocycles. The molecule has 1 aliphatic rings. The quantitative estimate of drug-likeness (QED) is 0.826. The Morgan fingerprint density at radius 1 is 1.44 bits per heavy atom. The highest BCUT2D eigenvalue weighted by atomic mass is 32.1. The SMILES string of the molecule is Cc1n[nH]c(=S)n1NCc1ccc2c(c1)OCO2. The number of H-pyrrole nitrogens is 1. The average Bonchev–Trinajstić information content (AvgIpc) is 2.94. The van der Waals surface area contributed by atoms with Crippen LogP contribution >= 0.6 is 12.2 Å². The molecule has 1 aliphatic heterocycles. The molecule has 3 rings (SSSR count). The van der Waals surface area contributed by atoms with Gasteiger partial charge in [0.05, 0.1) is 6.54 Å². The summed E-state index contributed by atoms with van der Waals surface area (Å²) in [5, 5.41) is 6.75. The summed E-state index contributed by atoms with van der Waals surface area (Å²) in [5.74, 6) is 2.36. The highest BCUT2D eigenvalue weighted by Gasteiger charge is 2.13. The van der Waals surface area contributed by atoms with Gasteiger partial charge in [0.2, 0.25) is 11.6 Å². The van der Waals surface area contributed by atoms with Gasteiger partial charge >= 0.3 is 0 Å². The first kappa shape index (κ1) is 11.1. The first-order valence-corrected chi connectivity index (χ1v) is 5.91. The number of hydrogen-bond donors (Lipinski definition) is 2. The Morgan fingerprint density at radius 2 is 2.28 bits per heavy atom. The third-order valence-corrected chi connectivity index (χ3v) is 2.99. The zero-order valence-electron chi connectivity index (χ0n) is 9.77. The minimum Gasteiger partial charge on any atom is -0.454 e. The van der Waals surface area contributed by atoms with Crippen LogP contribution in [0.2, 0.25) is 0 Å². The molecule has 0 spiro atoms. The van der Waals surface area contributed by atoms with Crippen molar-refractivity contribution in [3.05, 3.63) is 34.4 Å². The van der Waals surface area contributed by atoms with Gasteiger partial charge in [0.1, 0.15) is 5.82 Å². The van der Waals surface area contributed by atoms with Gasteiger partial charge in [-0.2, -0.15) is 5.10 Å². The van der Waals surface area contributed by atoms with Crippen LogP contribution in [0.3, 0.4) is 0 Å². The Balaban J connectivity index is 1.76. The molecule has 0 unspecified atom stereocenters. The van der Waals surface area contributed by atoms with Crippen LogP contribution in [-0.4, -0.2) is 21.7 Å². The van der Waals surface area contributed by atoms with Crippen LogP contribution in [0.25, 0.3) is 0 Å². The lowest BCUT2D eigenvalue weighted by Crippen LogP contribution is -2.15. The Morgan fingerprint density at radius 3 is 3.06 bits per heavy atom. The summed E-state index contributed by atoms with van der Waals surface area (Å²) in [6, 6.07) is 5.84. The van der Waals surface area contributed by atoms with E-state index in [-0.39, 0.29) is 6.79 Å². The Bertz CT molecular complexity index is 634. The highest BCUT2D eigenvalue weighted by Crippen LogP contribution is 2.32. The number of aromatic amines is 1. The number of rotatable bonds is 3. The van der Waals surface area contributed by atoms with E-state index in [9.17, 15) is 0 Å². The van der Waals surface area contributed by atoms with Crippen molar-refractivity contribution >= 4 is 12.2 Å². The van der Waals surface area contributed by atoms with Gasteiger partial charge < -0.3 is 14.9 Å². The van der Waals surface area contributed by atoms with Crippen LogP contribution in [0, 0.1) is 11.7 Å². The van der Waals surface area contributed by atoms with E-state index in [1.807, 2.05) is 25.1 Å². The van der Waals surface area contributed by atoms with E-state index in [1.54, 1.807) is 4.68 Å². The number of nitrogens with zero attached hydrogens (tertiary/aromatic N) is 2. The summed E-state index contributed by atoms with van der Waals surface area (Å²) in [6.45, 7) is 2.79. The van der Waals surface area contributed by atoms with Crippen LogP contribution in [0.5, 0.6) is 11.5 Å². The van der Waals surface area contributed by atoms with Crippen molar-refractivity contribution in [1.82, 2.24) is 14.9 Å². The molecule has 94 valence electrons. The van der Waals surface area contributed by atoms with E-state index in [4.69, 9.17) is 21.7 Å². The largest absolute Gasteiger partial charge is 0.454 e. The van der Waals surface area contributed by atoms with Crippen molar-refractivity contribution in [3.8, 4) is 11.5 Å². The van der Waals surface area contributed by atoms with Crippen LogP contribution < -0.4 is 14.9 Å². The smallest absolute Gasteiger partial charge is 0.231 e. The van der Waals surface area contributed by atoms with Crippen LogP contribution in [0.1, 0.15) is 11.4 Å². The standard InChI is InChI=1S/C11H12N4O2S/c1-7-13-14-11(18)15(7)12-5-8-2-3-9-10(4-8)17-6-16-9/h2-4,12H,5-6H2,1H3,(H,14,18). The zero-order valence-corrected chi connectivity index (χ0v) is 10.6. The number of hydrogen-bond acceptors (Lipinski definition) is 5. The van der Waals surface area contributed by atoms with Gasteiger partial charge in [-0.3, -0.25) is 5.10 Å². The van der Waals surface area contributed by atoms with E-state index in [2.05, 4.69) is 15.6 Å². The number of nitrogens with one attached hydrogen (secondary N) is 2. The van der Waals surface area contributed by atoms with Gasteiger partial charge in [-0.15, -0.1) is 0 Å². The maximum absolute atomic E-state index is 5.33. The van der Waals surface area contributed by atoms with Crippen LogP contribution in [0.15, 0.2) is 18.2 Å². The molecule has 7 heteroatoms. The number of benzene rings is 1. The molecule has 0 saturated heterocycles. The second-order valence-electron chi connectivity index (χ2n) is 3.93. The van der Waals surface area contributed by atoms with E-state index >= 15 is 0 Å². The van der Waals surface area contributed by atoms with Crippen molar-refractivity contribution in [2.45, 2.75) is 13.5 Å². The van der Waals surface area contributed by atoms with Crippen molar-refractivity contribution in [2.24, 2.45) is 0 Å². The first-order chi connectivity index (χ1) is 8.74. The molecule has 1 aromatic heterocycles. The van der Waals surface area contributed by atoms with E-state index in [1.165, 1.54) is 0 Å². The normalized spacial score (nSPS) is 12.7. The van der Waals surface area contributed by atoms with Crippen molar-refractivity contribution < 1.29 is 9.47 Å². The third kappa shape index (κ3) is 1.92. The molecule has 0 fully saturated rings. The van der Waals surface area contributed by atoms with Gasteiger partial charge in [-0.1, -0.05) is 6.07 Å². The van der Waals surface area contributed by atoms with E-state index in [0.717, 1.165) is 22.9 Å². The maximum atomic E-state index is 5.33. The molecule has 0 bridgehead atoms. The summed E-state index contributed by atoms with van der Waals surface area (Å²) < 4.78 is 12.9. The van der Waals surface area contributed by atoms with E-state index < -0.39 is 0 Å². The van der Waals surface area contributed by atoms with Gasteiger partial charge in [0.25, 0.3) is 0 Å². The number of aryl methyl sites for hydroxylation is 1. The van der Waals surface area contributed by atoms with Gasteiger partial charge in [-0.05, 0) is 36.8 Å². The summed E-state index contributed by atoms with van der Waals surface area (Å²) >= 11 is 5.11. The molecule has 6 nitrogen and oxygen atoms in total. The van der Waals surface area contributed by atoms with E-state index in [0.29, 0.717) is 11.3 Å². The Kier molecular flexibility index (Phi) is 2.67. The number of fused-ring (bicyclic) bond motifs is 1. The topological polar surface area (TPSA) is 64.1 Å². The van der Waals surface area contributed by atoms with Crippen molar-refractivity contribution in [1.29, 1.82) is 0 Å². The number of ether oxygens (including phenoxy) is 2. The Labute approximate surface area is 109 Å². The molecule has 0 radical (unpaired) electrons. The average molecular weight is 264 g/mol.